The topological polar surface area (TPSA) is 71.1 Å². The van der Waals surface area contributed by atoms with Gasteiger partial charge in [0.1, 0.15) is 25.6 Å². The highest BCUT2D eigenvalue weighted by atomic mass is 16.6. The first-order valence-corrected chi connectivity index (χ1v) is 7.85. The van der Waals surface area contributed by atoms with E-state index >= 15 is 0 Å². The minimum Gasteiger partial charge on any atom is -0.491 e. The molecule has 0 amide bonds. The summed E-state index contributed by atoms with van der Waals surface area (Å²) in [7, 11) is 0. The quantitative estimate of drug-likeness (QED) is 0.348. The summed E-state index contributed by atoms with van der Waals surface area (Å²) in [6.45, 7) is 11.4. The molecule has 0 aliphatic carbocycles. The Morgan fingerprint density at radius 3 is 2.16 bits per heavy atom. The van der Waals surface area contributed by atoms with Crippen molar-refractivity contribution in [2.75, 3.05) is 26.4 Å². The molecule has 0 spiro atoms. The predicted molar refractivity (Wildman–Crippen MR) is 93.1 cm³/mol. The molecule has 1 aromatic rings. The Kier molecular flexibility index (Phi) is 9.03. The summed E-state index contributed by atoms with van der Waals surface area (Å²) in [5.41, 5.74) is 1.46. The number of hydrogen-bond acceptors (Lipinski definition) is 6. The second-order valence-corrected chi connectivity index (χ2v) is 5.34. The van der Waals surface area contributed by atoms with Crippen molar-refractivity contribution >= 4 is 11.9 Å². The number of hydrogen-bond donors (Lipinski definition) is 0. The van der Waals surface area contributed by atoms with Crippen molar-refractivity contribution in [2.45, 2.75) is 20.5 Å². The van der Waals surface area contributed by atoms with E-state index in [0.29, 0.717) is 30.1 Å². The van der Waals surface area contributed by atoms with E-state index in [1.807, 2.05) is 18.2 Å². The molecule has 6 heteroatoms. The molecule has 0 N–H and O–H groups in total. The lowest BCUT2D eigenvalue weighted by atomic mass is 10.2. The third kappa shape index (κ3) is 8.17. The Labute approximate surface area is 148 Å². The molecule has 0 aromatic heterocycles. The van der Waals surface area contributed by atoms with Gasteiger partial charge in [-0.15, -0.1) is 0 Å². The SMILES string of the molecule is C=C(C)C(=O)OCCOCCOc1ccccc1COC(=O)C(=C)C. The molecule has 0 aliphatic heterocycles. The molecular formula is C19H24O6. The second-order valence-electron chi connectivity index (χ2n) is 5.34. The lowest BCUT2D eigenvalue weighted by molar-refractivity contribution is -0.141. The van der Waals surface area contributed by atoms with Crippen molar-refractivity contribution in [3.8, 4) is 5.75 Å². The molecule has 0 radical (unpaired) electrons. The highest BCUT2D eigenvalue weighted by Gasteiger charge is 2.08. The van der Waals surface area contributed by atoms with E-state index in [-0.39, 0.29) is 19.8 Å². The Morgan fingerprint density at radius 2 is 1.48 bits per heavy atom. The first-order chi connectivity index (χ1) is 11.9. The lowest BCUT2D eigenvalue weighted by Gasteiger charge is -2.12. The van der Waals surface area contributed by atoms with Gasteiger partial charge in [-0.1, -0.05) is 31.4 Å². The van der Waals surface area contributed by atoms with E-state index < -0.39 is 11.9 Å². The summed E-state index contributed by atoms with van der Waals surface area (Å²) in [6.07, 6.45) is 0. The second kappa shape index (κ2) is 11.0. The zero-order chi connectivity index (χ0) is 18.7. The highest BCUT2D eigenvalue weighted by Crippen LogP contribution is 2.19. The summed E-state index contributed by atoms with van der Waals surface area (Å²) in [5.74, 6) is -0.255. The number of rotatable bonds is 11. The van der Waals surface area contributed by atoms with Crippen LogP contribution in [0.3, 0.4) is 0 Å². The summed E-state index contributed by atoms with van der Waals surface area (Å²) in [4.78, 5) is 22.6. The monoisotopic (exact) mass is 348 g/mol. The standard InChI is InChI=1S/C19H24O6/c1-14(2)18(20)24-12-10-22-9-11-23-17-8-6-5-7-16(17)13-25-19(21)15(3)4/h5-8H,1,3,9-13H2,2,4H3. The molecule has 136 valence electrons. The molecule has 0 atom stereocenters. The van der Waals surface area contributed by atoms with Crippen LogP contribution < -0.4 is 4.74 Å². The molecular weight excluding hydrogens is 324 g/mol. The summed E-state index contributed by atoms with van der Waals surface area (Å²) in [6, 6.07) is 7.28. The molecule has 0 unspecified atom stereocenters. The maximum Gasteiger partial charge on any atom is 0.333 e. The molecule has 6 nitrogen and oxygen atoms in total. The number of benzene rings is 1. The van der Waals surface area contributed by atoms with Crippen molar-refractivity contribution in [2.24, 2.45) is 0 Å². The van der Waals surface area contributed by atoms with E-state index in [1.165, 1.54) is 0 Å². The van der Waals surface area contributed by atoms with Gasteiger partial charge in [-0.3, -0.25) is 0 Å². The minimum atomic E-state index is -0.442. The smallest absolute Gasteiger partial charge is 0.333 e. The number of ether oxygens (including phenoxy) is 4. The highest BCUT2D eigenvalue weighted by molar-refractivity contribution is 5.87. The van der Waals surface area contributed by atoms with Gasteiger partial charge in [0.2, 0.25) is 0 Å². The first-order valence-electron chi connectivity index (χ1n) is 7.85. The Morgan fingerprint density at radius 1 is 0.880 bits per heavy atom. The molecule has 0 bridgehead atoms. The van der Waals surface area contributed by atoms with Gasteiger partial charge in [0, 0.05) is 16.7 Å². The van der Waals surface area contributed by atoms with Gasteiger partial charge in [0.25, 0.3) is 0 Å². The minimum absolute atomic E-state index is 0.111. The average Bonchev–Trinajstić information content (AvgIpc) is 2.59. The molecule has 25 heavy (non-hydrogen) atoms. The summed E-state index contributed by atoms with van der Waals surface area (Å²) < 4.78 is 21.0. The third-order valence-corrected chi connectivity index (χ3v) is 2.97. The van der Waals surface area contributed by atoms with Gasteiger partial charge in [-0.25, -0.2) is 9.59 Å². The molecule has 1 rings (SSSR count). The van der Waals surface area contributed by atoms with Crippen LogP contribution in [-0.4, -0.2) is 38.4 Å². The average molecular weight is 348 g/mol. The number of carbonyl (C=O) groups is 2. The largest absolute Gasteiger partial charge is 0.491 e. The first kappa shape index (κ1) is 20.4. The van der Waals surface area contributed by atoms with Crippen molar-refractivity contribution in [3.63, 3.8) is 0 Å². The van der Waals surface area contributed by atoms with E-state index in [4.69, 9.17) is 18.9 Å². The van der Waals surface area contributed by atoms with Gasteiger partial charge in [0.15, 0.2) is 0 Å². The summed E-state index contributed by atoms with van der Waals surface area (Å²) in [5, 5.41) is 0. The summed E-state index contributed by atoms with van der Waals surface area (Å²) >= 11 is 0. The Balaban J connectivity index is 2.28. The molecule has 0 aliphatic rings. The van der Waals surface area contributed by atoms with Gasteiger partial charge in [0.05, 0.1) is 13.2 Å². The van der Waals surface area contributed by atoms with Gasteiger partial charge < -0.3 is 18.9 Å². The predicted octanol–water partition coefficient (Wildman–Crippen LogP) is 2.82. The molecule has 1 aromatic carbocycles. The molecule has 0 saturated carbocycles. The fraction of sp³-hybridized carbons (Fsp3) is 0.368. The maximum absolute atomic E-state index is 11.5. The molecule has 0 saturated heterocycles. The zero-order valence-corrected chi connectivity index (χ0v) is 14.7. The van der Waals surface area contributed by atoms with Crippen molar-refractivity contribution < 1.29 is 28.5 Å². The fourth-order valence-electron chi connectivity index (χ4n) is 1.66. The lowest BCUT2D eigenvalue weighted by Crippen LogP contribution is -2.14. The van der Waals surface area contributed by atoms with Gasteiger partial charge >= 0.3 is 11.9 Å². The van der Waals surface area contributed by atoms with Crippen LogP contribution in [0.5, 0.6) is 5.75 Å². The van der Waals surface area contributed by atoms with Crippen LogP contribution in [0.2, 0.25) is 0 Å². The van der Waals surface area contributed by atoms with Gasteiger partial charge in [-0.2, -0.15) is 0 Å². The van der Waals surface area contributed by atoms with Crippen molar-refractivity contribution in [1.82, 2.24) is 0 Å². The molecule has 0 fully saturated rings. The van der Waals surface area contributed by atoms with Crippen LogP contribution in [0, 0.1) is 0 Å². The van der Waals surface area contributed by atoms with Crippen LogP contribution in [0.4, 0.5) is 0 Å². The van der Waals surface area contributed by atoms with Crippen molar-refractivity contribution in [3.05, 3.63) is 54.1 Å². The van der Waals surface area contributed by atoms with Gasteiger partial charge in [-0.05, 0) is 19.9 Å². The Hall–Kier alpha value is -2.60. The van der Waals surface area contributed by atoms with Crippen LogP contribution in [0.1, 0.15) is 19.4 Å². The zero-order valence-electron chi connectivity index (χ0n) is 14.7. The van der Waals surface area contributed by atoms with E-state index in [1.54, 1.807) is 19.9 Å². The van der Waals surface area contributed by atoms with E-state index in [9.17, 15) is 9.59 Å². The van der Waals surface area contributed by atoms with Crippen LogP contribution in [0.25, 0.3) is 0 Å². The van der Waals surface area contributed by atoms with E-state index in [0.717, 1.165) is 5.56 Å². The van der Waals surface area contributed by atoms with Crippen LogP contribution in [-0.2, 0) is 30.4 Å². The normalized spacial score (nSPS) is 10.0. The number of para-hydroxylation sites is 1. The number of carbonyl (C=O) groups excluding carboxylic acids is 2. The van der Waals surface area contributed by atoms with Crippen molar-refractivity contribution in [1.29, 1.82) is 0 Å². The Bertz CT molecular complexity index is 620. The van der Waals surface area contributed by atoms with E-state index in [2.05, 4.69) is 13.2 Å². The van der Waals surface area contributed by atoms with Crippen LogP contribution >= 0.6 is 0 Å². The number of esters is 2. The molecule has 0 heterocycles. The van der Waals surface area contributed by atoms with Crippen LogP contribution in [0.15, 0.2) is 48.6 Å². The fourth-order valence-corrected chi connectivity index (χ4v) is 1.66. The maximum atomic E-state index is 11.5. The third-order valence-electron chi connectivity index (χ3n) is 2.97.